The molecule has 0 aromatic carbocycles. The van der Waals surface area contributed by atoms with E-state index in [0.717, 1.165) is 6.42 Å². The van der Waals surface area contributed by atoms with Gasteiger partial charge in [0.2, 0.25) is 0 Å². The topological polar surface area (TPSA) is 37.3 Å². The van der Waals surface area contributed by atoms with Gasteiger partial charge in [-0.25, -0.2) is 0 Å². The summed E-state index contributed by atoms with van der Waals surface area (Å²) in [6, 6.07) is 0. The van der Waals surface area contributed by atoms with Crippen molar-refractivity contribution in [2.75, 3.05) is 0 Å². The lowest BCUT2D eigenvalue weighted by atomic mass is 9.83. The number of carbonyl (C=O) groups is 1. The first-order chi connectivity index (χ1) is 7.98. The largest absolute Gasteiger partial charge is 0.481 e. The lowest BCUT2D eigenvalue weighted by Gasteiger charge is -2.21. The molecule has 2 heteroatoms. The third-order valence-electron chi connectivity index (χ3n) is 3.34. The lowest BCUT2D eigenvalue weighted by molar-refractivity contribution is -0.139. The van der Waals surface area contributed by atoms with Gasteiger partial charge in [-0.3, -0.25) is 4.79 Å². The van der Waals surface area contributed by atoms with Crippen molar-refractivity contribution in [1.82, 2.24) is 0 Å². The Bertz CT molecular complexity index is 197. The third kappa shape index (κ3) is 11.7. The van der Waals surface area contributed by atoms with Crippen molar-refractivity contribution in [1.29, 1.82) is 0 Å². The van der Waals surface area contributed by atoms with Crippen molar-refractivity contribution < 1.29 is 9.90 Å². The number of hydrogen-bond acceptors (Lipinski definition) is 1. The number of hydrogen-bond donors (Lipinski definition) is 1. The Morgan fingerprint density at radius 1 is 0.941 bits per heavy atom. The van der Waals surface area contributed by atoms with Gasteiger partial charge in [0.1, 0.15) is 0 Å². The summed E-state index contributed by atoms with van der Waals surface area (Å²) in [5.74, 6) is -0.672. The van der Waals surface area contributed by atoms with Crippen LogP contribution in [0.15, 0.2) is 0 Å². The summed E-state index contributed by atoms with van der Waals surface area (Å²) in [6.45, 7) is 6.36. The molecule has 0 amide bonds. The summed E-state index contributed by atoms with van der Waals surface area (Å²) >= 11 is 0. The summed E-state index contributed by atoms with van der Waals surface area (Å²) in [6.07, 6.45) is 11.8. The second-order valence-electron chi connectivity index (χ2n) is 5.96. The van der Waals surface area contributed by atoms with E-state index < -0.39 is 5.97 Å². The summed E-state index contributed by atoms with van der Waals surface area (Å²) in [7, 11) is 0. The quantitative estimate of drug-likeness (QED) is 0.517. The van der Waals surface area contributed by atoms with E-state index in [0.29, 0.717) is 6.42 Å². The van der Waals surface area contributed by atoms with Crippen LogP contribution in [0.2, 0.25) is 0 Å². The Hall–Kier alpha value is -0.530. The predicted octanol–water partition coefficient (Wildman–Crippen LogP) is 5.02. The third-order valence-corrected chi connectivity index (χ3v) is 3.34. The number of rotatable bonds is 11. The molecule has 0 atom stereocenters. The van der Waals surface area contributed by atoms with E-state index in [9.17, 15) is 4.79 Å². The number of unbranched alkanes of at least 4 members (excludes halogenated alkanes) is 7. The highest BCUT2D eigenvalue weighted by Crippen LogP contribution is 2.27. The van der Waals surface area contributed by atoms with Crippen LogP contribution in [-0.4, -0.2) is 11.1 Å². The average Bonchev–Trinajstić information content (AvgIpc) is 2.20. The van der Waals surface area contributed by atoms with Gasteiger partial charge in [-0.05, 0) is 11.8 Å². The Morgan fingerprint density at radius 2 is 1.41 bits per heavy atom. The Labute approximate surface area is 107 Å². The van der Waals surface area contributed by atoms with Gasteiger partial charge < -0.3 is 5.11 Å². The molecule has 0 heterocycles. The van der Waals surface area contributed by atoms with E-state index in [4.69, 9.17) is 5.11 Å². The molecule has 0 aliphatic carbocycles. The van der Waals surface area contributed by atoms with Gasteiger partial charge in [0.05, 0.1) is 6.42 Å². The average molecular weight is 242 g/mol. The minimum absolute atomic E-state index is 0.0337. The smallest absolute Gasteiger partial charge is 0.303 e. The SMILES string of the molecule is CCCCCCCCCCC(C)(C)CC(=O)O. The van der Waals surface area contributed by atoms with Crippen molar-refractivity contribution in [3.63, 3.8) is 0 Å². The van der Waals surface area contributed by atoms with Crippen molar-refractivity contribution in [3.8, 4) is 0 Å². The maximum Gasteiger partial charge on any atom is 0.303 e. The van der Waals surface area contributed by atoms with Crippen LogP contribution in [-0.2, 0) is 4.79 Å². The minimum Gasteiger partial charge on any atom is -0.481 e. The van der Waals surface area contributed by atoms with Crippen LogP contribution in [0.1, 0.15) is 85.0 Å². The van der Waals surface area contributed by atoms with E-state index >= 15 is 0 Å². The molecule has 0 spiro atoms. The molecule has 2 nitrogen and oxygen atoms in total. The van der Waals surface area contributed by atoms with Gasteiger partial charge in [-0.1, -0.05) is 72.1 Å². The van der Waals surface area contributed by atoms with Crippen molar-refractivity contribution in [2.45, 2.75) is 85.0 Å². The fourth-order valence-electron chi connectivity index (χ4n) is 2.24. The Balaban J connectivity index is 3.35. The molecule has 0 rings (SSSR count). The van der Waals surface area contributed by atoms with Crippen LogP contribution in [0, 0.1) is 5.41 Å². The van der Waals surface area contributed by atoms with Crippen LogP contribution in [0.3, 0.4) is 0 Å². The Morgan fingerprint density at radius 3 is 1.88 bits per heavy atom. The van der Waals surface area contributed by atoms with Gasteiger partial charge in [0, 0.05) is 0 Å². The van der Waals surface area contributed by atoms with Gasteiger partial charge in [0.15, 0.2) is 0 Å². The van der Waals surface area contributed by atoms with Gasteiger partial charge in [-0.15, -0.1) is 0 Å². The van der Waals surface area contributed by atoms with E-state index in [2.05, 4.69) is 20.8 Å². The first kappa shape index (κ1) is 16.5. The first-order valence-corrected chi connectivity index (χ1v) is 7.20. The summed E-state index contributed by atoms with van der Waals surface area (Å²) in [5, 5.41) is 8.77. The highest BCUT2D eigenvalue weighted by Gasteiger charge is 2.20. The van der Waals surface area contributed by atoms with E-state index in [1.165, 1.54) is 51.4 Å². The van der Waals surface area contributed by atoms with Gasteiger partial charge in [0.25, 0.3) is 0 Å². The van der Waals surface area contributed by atoms with Crippen LogP contribution < -0.4 is 0 Å². The molecule has 1 N–H and O–H groups in total. The van der Waals surface area contributed by atoms with E-state index in [1.807, 2.05) is 0 Å². The molecule has 0 aromatic rings. The molecule has 102 valence electrons. The van der Waals surface area contributed by atoms with E-state index in [-0.39, 0.29) is 5.41 Å². The molecule has 0 aliphatic heterocycles. The predicted molar refractivity (Wildman–Crippen MR) is 73.3 cm³/mol. The standard InChI is InChI=1S/C15H30O2/c1-4-5-6-7-8-9-10-11-12-15(2,3)13-14(16)17/h4-13H2,1-3H3,(H,16,17). The first-order valence-electron chi connectivity index (χ1n) is 7.20. The van der Waals surface area contributed by atoms with Crippen LogP contribution in [0.4, 0.5) is 0 Å². The van der Waals surface area contributed by atoms with Gasteiger partial charge in [-0.2, -0.15) is 0 Å². The molecular weight excluding hydrogens is 212 g/mol. The van der Waals surface area contributed by atoms with Crippen molar-refractivity contribution in [3.05, 3.63) is 0 Å². The van der Waals surface area contributed by atoms with E-state index in [1.54, 1.807) is 0 Å². The van der Waals surface area contributed by atoms with Crippen LogP contribution in [0.5, 0.6) is 0 Å². The molecule has 0 aliphatic rings. The normalized spacial score (nSPS) is 11.7. The van der Waals surface area contributed by atoms with Crippen molar-refractivity contribution >= 4 is 5.97 Å². The molecule has 0 bridgehead atoms. The fraction of sp³-hybridized carbons (Fsp3) is 0.933. The maximum absolute atomic E-state index is 10.7. The summed E-state index contributed by atoms with van der Waals surface area (Å²) in [4.78, 5) is 10.7. The lowest BCUT2D eigenvalue weighted by Crippen LogP contribution is -2.16. The molecule has 0 fully saturated rings. The minimum atomic E-state index is -0.672. The zero-order chi connectivity index (χ0) is 13.1. The summed E-state index contributed by atoms with van der Waals surface area (Å²) in [5.41, 5.74) is -0.0337. The molecule has 0 aromatic heterocycles. The highest BCUT2D eigenvalue weighted by atomic mass is 16.4. The van der Waals surface area contributed by atoms with Crippen LogP contribution >= 0.6 is 0 Å². The second kappa shape index (κ2) is 9.49. The maximum atomic E-state index is 10.7. The molecule has 0 saturated carbocycles. The number of carboxylic acids is 1. The molecule has 17 heavy (non-hydrogen) atoms. The number of aliphatic carboxylic acids is 1. The molecule has 0 unspecified atom stereocenters. The molecular formula is C15H30O2. The number of carboxylic acid groups (broad SMARTS) is 1. The van der Waals surface area contributed by atoms with Crippen LogP contribution in [0.25, 0.3) is 0 Å². The zero-order valence-corrected chi connectivity index (χ0v) is 11.9. The monoisotopic (exact) mass is 242 g/mol. The second-order valence-corrected chi connectivity index (χ2v) is 5.96. The van der Waals surface area contributed by atoms with Gasteiger partial charge >= 0.3 is 5.97 Å². The van der Waals surface area contributed by atoms with Crippen molar-refractivity contribution in [2.24, 2.45) is 5.41 Å². The zero-order valence-electron chi connectivity index (χ0n) is 11.9. The molecule has 0 saturated heterocycles. The molecule has 0 radical (unpaired) electrons. The fourth-order valence-corrected chi connectivity index (χ4v) is 2.24. The summed E-state index contributed by atoms with van der Waals surface area (Å²) < 4.78 is 0. The highest BCUT2D eigenvalue weighted by molar-refractivity contribution is 5.67. The Kier molecular flexibility index (Phi) is 9.20.